The van der Waals surface area contributed by atoms with Crippen LogP contribution < -0.4 is 5.32 Å². The van der Waals surface area contributed by atoms with E-state index in [1.165, 1.54) is 6.42 Å². The Morgan fingerprint density at radius 1 is 1.29 bits per heavy atom. The van der Waals surface area contributed by atoms with Crippen LogP contribution in [-0.2, 0) is 0 Å². The second kappa shape index (κ2) is 8.21. The number of rotatable bonds is 8. The fraction of sp³-hybridized carbons (Fsp3) is 1.00. The van der Waals surface area contributed by atoms with Gasteiger partial charge in [0.2, 0.25) is 0 Å². The quantitative estimate of drug-likeness (QED) is 0.575. The summed E-state index contributed by atoms with van der Waals surface area (Å²) in [7, 11) is 4.18. The van der Waals surface area contributed by atoms with Gasteiger partial charge in [-0.25, -0.2) is 0 Å². The van der Waals surface area contributed by atoms with Gasteiger partial charge in [0.15, 0.2) is 0 Å². The summed E-state index contributed by atoms with van der Waals surface area (Å²) in [6, 6.07) is 0.460. The van der Waals surface area contributed by atoms with Gasteiger partial charge in [-0.2, -0.15) is 0 Å². The first kappa shape index (κ1) is 13.9. The molecule has 0 saturated carbocycles. The molecule has 0 aliphatic carbocycles. The molecule has 0 spiro atoms. The Balaban J connectivity index is 3.50. The van der Waals surface area contributed by atoms with E-state index in [0.29, 0.717) is 12.0 Å². The highest BCUT2D eigenvalue weighted by Gasteiger charge is 2.10. The van der Waals surface area contributed by atoms with E-state index in [1.807, 2.05) is 0 Å². The minimum absolute atomic E-state index is 0.281. The highest BCUT2D eigenvalue weighted by atomic mass is 16.3. The third-order valence-electron chi connectivity index (χ3n) is 2.43. The maximum absolute atomic E-state index is 8.88. The van der Waals surface area contributed by atoms with Crippen molar-refractivity contribution >= 4 is 0 Å². The minimum atomic E-state index is 0.281. The van der Waals surface area contributed by atoms with Crippen LogP contribution >= 0.6 is 0 Å². The molecular weight excluding hydrogens is 176 g/mol. The van der Waals surface area contributed by atoms with E-state index in [0.717, 1.165) is 19.5 Å². The Kier molecular flexibility index (Phi) is 8.14. The monoisotopic (exact) mass is 202 g/mol. The average molecular weight is 202 g/mol. The summed E-state index contributed by atoms with van der Waals surface area (Å²) in [4.78, 5) is 2.19. The molecule has 0 aromatic heterocycles. The Morgan fingerprint density at radius 3 is 2.36 bits per heavy atom. The zero-order valence-corrected chi connectivity index (χ0v) is 10.1. The molecule has 0 bridgehead atoms. The van der Waals surface area contributed by atoms with Crippen molar-refractivity contribution in [3.05, 3.63) is 0 Å². The van der Waals surface area contributed by atoms with E-state index < -0.39 is 0 Å². The Labute approximate surface area is 88.5 Å². The predicted octanol–water partition coefficient (Wildman–Crippen LogP) is 0.935. The largest absolute Gasteiger partial charge is 0.396 e. The molecule has 3 heteroatoms. The van der Waals surface area contributed by atoms with Gasteiger partial charge in [-0.3, -0.25) is 0 Å². The summed E-state index contributed by atoms with van der Waals surface area (Å²) >= 11 is 0. The van der Waals surface area contributed by atoms with Gasteiger partial charge in [-0.1, -0.05) is 13.8 Å². The molecule has 0 aliphatic heterocycles. The van der Waals surface area contributed by atoms with Gasteiger partial charge in [0.1, 0.15) is 0 Å². The number of nitrogens with one attached hydrogen (secondary N) is 1. The van der Waals surface area contributed by atoms with Gasteiger partial charge in [-0.05, 0) is 45.9 Å². The van der Waals surface area contributed by atoms with Gasteiger partial charge in [0.05, 0.1) is 0 Å². The summed E-state index contributed by atoms with van der Waals surface area (Å²) in [5, 5.41) is 12.4. The number of nitrogens with zero attached hydrogens (tertiary/aromatic N) is 1. The lowest BCUT2D eigenvalue weighted by Crippen LogP contribution is -2.36. The topological polar surface area (TPSA) is 35.5 Å². The third kappa shape index (κ3) is 7.30. The summed E-state index contributed by atoms with van der Waals surface area (Å²) in [5.74, 6) is 0.599. The minimum Gasteiger partial charge on any atom is -0.396 e. The van der Waals surface area contributed by atoms with E-state index >= 15 is 0 Å². The van der Waals surface area contributed by atoms with Crippen LogP contribution in [-0.4, -0.2) is 49.8 Å². The Morgan fingerprint density at radius 2 is 1.93 bits per heavy atom. The number of aliphatic hydroxyl groups is 1. The second-order valence-electron chi connectivity index (χ2n) is 4.47. The van der Waals surface area contributed by atoms with E-state index in [4.69, 9.17) is 5.11 Å². The van der Waals surface area contributed by atoms with E-state index in [2.05, 4.69) is 38.2 Å². The van der Waals surface area contributed by atoms with Crippen molar-refractivity contribution in [1.29, 1.82) is 0 Å². The lowest BCUT2D eigenvalue weighted by atomic mass is 10.0. The molecule has 0 fully saturated rings. The van der Waals surface area contributed by atoms with Gasteiger partial charge in [0.25, 0.3) is 0 Å². The van der Waals surface area contributed by atoms with Crippen molar-refractivity contribution in [2.24, 2.45) is 5.92 Å². The van der Waals surface area contributed by atoms with Crippen molar-refractivity contribution < 1.29 is 5.11 Å². The first-order valence-corrected chi connectivity index (χ1v) is 5.57. The lowest BCUT2D eigenvalue weighted by Gasteiger charge is -2.22. The molecule has 0 rings (SSSR count). The molecule has 1 unspecified atom stereocenters. The molecule has 0 saturated heterocycles. The summed E-state index contributed by atoms with van der Waals surface area (Å²) in [6.45, 7) is 6.83. The molecule has 14 heavy (non-hydrogen) atoms. The Bertz CT molecular complexity index is 126. The van der Waals surface area contributed by atoms with Crippen LogP contribution in [0, 0.1) is 5.92 Å². The molecular formula is C11H26N2O. The highest BCUT2D eigenvalue weighted by molar-refractivity contribution is 4.69. The molecule has 3 nitrogen and oxygen atoms in total. The van der Waals surface area contributed by atoms with E-state index in [1.54, 1.807) is 0 Å². The third-order valence-corrected chi connectivity index (χ3v) is 2.43. The van der Waals surface area contributed by atoms with E-state index in [9.17, 15) is 0 Å². The van der Waals surface area contributed by atoms with Crippen LogP contribution in [0.3, 0.4) is 0 Å². The fourth-order valence-electron chi connectivity index (χ4n) is 1.49. The first-order chi connectivity index (χ1) is 6.57. The second-order valence-corrected chi connectivity index (χ2v) is 4.47. The van der Waals surface area contributed by atoms with Crippen molar-refractivity contribution in [1.82, 2.24) is 10.2 Å². The normalized spacial score (nSPS) is 13.9. The smallest absolute Gasteiger partial charge is 0.0445 e. The van der Waals surface area contributed by atoms with Gasteiger partial charge >= 0.3 is 0 Å². The highest BCUT2D eigenvalue weighted by Crippen LogP contribution is 2.05. The lowest BCUT2D eigenvalue weighted by molar-refractivity contribution is 0.243. The van der Waals surface area contributed by atoms with Gasteiger partial charge < -0.3 is 15.3 Å². The number of hydrogen-bond acceptors (Lipinski definition) is 3. The summed E-state index contributed by atoms with van der Waals surface area (Å²) in [6.07, 6.45) is 2.03. The van der Waals surface area contributed by atoms with Crippen LogP contribution in [0.5, 0.6) is 0 Å². The van der Waals surface area contributed by atoms with Gasteiger partial charge in [0, 0.05) is 12.6 Å². The van der Waals surface area contributed by atoms with Crippen molar-refractivity contribution in [3.8, 4) is 0 Å². The molecule has 0 aromatic carbocycles. The zero-order valence-electron chi connectivity index (χ0n) is 10.1. The maximum atomic E-state index is 8.88. The maximum Gasteiger partial charge on any atom is 0.0445 e. The summed E-state index contributed by atoms with van der Waals surface area (Å²) in [5.41, 5.74) is 0. The number of aliphatic hydroxyl groups excluding tert-OH is 1. The fourth-order valence-corrected chi connectivity index (χ4v) is 1.49. The van der Waals surface area contributed by atoms with Crippen molar-refractivity contribution in [2.75, 3.05) is 33.8 Å². The summed E-state index contributed by atoms with van der Waals surface area (Å²) < 4.78 is 0. The standard InChI is InChI=1S/C11H26N2O/c1-10(2)11(6-9-14)12-7-5-8-13(3)4/h10-12,14H,5-9H2,1-4H3. The molecule has 0 aliphatic rings. The predicted molar refractivity (Wildman–Crippen MR) is 61.5 cm³/mol. The molecule has 0 aromatic rings. The van der Waals surface area contributed by atoms with Crippen molar-refractivity contribution in [3.63, 3.8) is 0 Å². The average Bonchev–Trinajstić information content (AvgIpc) is 2.09. The molecule has 2 N–H and O–H groups in total. The van der Waals surface area contributed by atoms with Crippen LogP contribution in [0.2, 0.25) is 0 Å². The molecule has 1 atom stereocenters. The number of hydrogen-bond donors (Lipinski definition) is 2. The van der Waals surface area contributed by atoms with Gasteiger partial charge in [-0.15, -0.1) is 0 Å². The molecule has 0 amide bonds. The van der Waals surface area contributed by atoms with Crippen molar-refractivity contribution in [2.45, 2.75) is 32.7 Å². The molecule has 86 valence electrons. The van der Waals surface area contributed by atoms with Crippen LogP contribution in [0.15, 0.2) is 0 Å². The Hall–Kier alpha value is -0.120. The van der Waals surface area contributed by atoms with Crippen LogP contribution in [0.4, 0.5) is 0 Å². The van der Waals surface area contributed by atoms with Crippen LogP contribution in [0.1, 0.15) is 26.7 Å². The molecule has 0 radical (unpaired) electrons. The molecule has 0 heterocycles. The first-order valence-electron chi connectivity index (χ1n) is 5.57. The SMILES string of the molecule is CC(C)C(CCO)NCCCN(C)C. The zero-order chi connectivity index (χ0) is 11.0. The van der Waals surface area contributed by atoms with Crippen LogP contribution in [0.25, 0.3) is 0 Å². The van der Waals surface area contributed by atoms with E-state index in [-0.39, 0.29) is 6.61 Å².